The Labute approximate surface area is 345 Å². The molecule has 0 atom stereocenters. The predicted molar refractivity (Wildman–Crippen MR) is 247 cm³/mol. The number of anilines is 6. The van der Waals surface area contributed by atoms with Gasteiger partial charge in [-0.05, 0) is 133 Å². The van der Waals surface area contributed by atoms with Crippen LogP contribution in [0.25, 0.3) is 33.4 Å². The van der Waals surface area contributed by atoms with Gasteiger partial charge in [-0.15, -0.1) is 0 Å². The third-order valence-electron chi connectivity index (χ3n) is 13.4. The molecule has 0 radical (unpaired) electrons. The quantitative estimate of drug-likeness (QED) is 0.162. The number of rotatable bonds is 5. The summed E-state index contributed by atoms with van der Waals surface area (Å²) in [5.41, 5.74) is 26.3. The summed E-state index contributed by atoms with van der Waals surface area (Å²) in [5, 5.41) is 0. The Kier molecular flexibility index (Phi) is 6.97. The zero-order valence-electron chi connectivity index (χ0n) is 32.4. The Morgan fingerprint density at radius 1 is 0.356 bits per heavy atom. The molecule has 13 rings (SSSR count). The fourth-order valence-corrected chi connectivity index (χ4v) is 11.1. The Morgan fingerprint density at radius 2 is 0.797 bits per heavy atom. The Morgan fingerprint density at radius 3 is 1.32 bits per heavy atom. The molecule has 3 aliphatic heterocycles. The summed E-state index contributed by atoms with van der Waals surface area (Å²) in [7, 11) is 0. The normalized spacial score (nSPS) is 13.9. The van der Waals surface area contributed by atoms with E-state index in [2.05, 4.69) is 216 Å². The van der Waals surface area contributed by atoms with Crippen molar-refractivity contribution in [1.29, 1.82) is 0 Å². The van der Waals surface area contributed by atoms with E-state index in [1.165, 1.54) is 112 Å². The molecule has 0 spiro atoms. The largest absolute Gasteiger partial charge is 0.311 e. The van der Waals surface area contributed by atoms with Crippen LogP contribution in [0.15, 0.2) is 206 Å². The van der Waals surface area contributed by atoms with Gasteiger partial charge in [-0.2, -0.15) is 0 Å². The first-order valence-corrected chi connectivity index (χ1v) is 20.8. The highest BCUT2D eigenvalue weighted by Gasteiger charge is 2.49. The van der Waals surface area contributed by atoms with Gasteiger partial charge in [-0.25, -0.2) is 0 Å². The van der Waals surface area contributed by atoms with Crippen molar-refractivity contribution in [1.82, 2.24) is 0 Å². The maximum atomic E-state index is 2.56. The highest BCUT2D eigenvalue weighted by atomic mass is 15.2. The van der Waals surface area contributed by atoms with Crippen molar-refractivity contribution in [2.24, 2.45) is 0 Å². The molecule has 0 saturated carbocycles. The molecule has 59 heavy (non-hydrogen) atoms. The van der Waals surface area contributed by atoms with E-state index < -0.39 is 0 Å². The first-order chi connectivity index (χ1) is 29.3. The second-order valence-corrected chi connectivity index (χ2v) is 16.3. The summed E-state index contributed by atoms with van der Waals surface area (Å²) < 4.78 is 0. The van der Waals surface area contributed by atoms with E-state index >= 15 is 0 Å². The molecule has 274 valence electrons. The van der Waals surface area contributed by atoms with E-state index in [0.717, 1.165) is 6.42 Å². The van der Waals surface area contributed by atoms with Gasteiger partial charge in [-0.3, -0.25) is 0 Å². The van der Waals surface area contributed by atoms with Crippen LogP contribution in [0.1, 0.15) is 33.7 Å². The number of hydrogen-bond donors (Lipinski definition) is 0. The maximum Gasteiger partial charge on any atom is 0.252 e. The Hall–Kier alpha value is -7.36. The lowest BCUT2D eigenvalue weighted by Crippen LogP contribution is -2.65. The third-order valence-corrected chi connectivity index (χ3v) is 13.4. The van der Waals surface area contributed by atoms with Gasteiger partial charge in [0.25, 0.3) is 6.71 Å². The van der Waals surface area contributed by atoms with Crippen molar-refractivity contribution in [2.45, 2.75) is 12.3 Å². The van der Waals surface area contributed by atoms with Crippen molar-refractivity contribution >= 4 is 57.2 Å². The minimum Gasteiger partial charge on any atom is -0.311 e. The summed E-state index contributed by atoms with van der Waals surface area (Å²) in [5.74, 6) is 0.115. The topological polar surface area (TPSA) is 6.48 Å². The zero-order chi connectivity index (χ0) is 38.6. The van der Waals surface area contributed by atoms with Crippen LogP contribution in [0.2, 0.25) is 0 Å². The summed E-state index contributed by atoms with van der Waals surface area (Å²) in [6, 6.07) is 77.0. The van der Waals surface area contributed by atoms with Gasteiger partial charge in [0.2, 0.25) is 0 Å². The molecule has 3 heteroatoms. The van der Waals surface area contributed by atoms with Crippen LogP contribution in [0, 0.1) is 0 Å². The average molecular weight is 749 g/mol. The van der Waals surface area contributed by atoms with Crippen LogP contribution in [-0.4, -0.2) is 6.71 Å². The number of hydrogen-bond acceptors (Lipinski definition) is 2. The van der Waals surface area contributed by atoms with Crippen molar-refractivity contribution in [2.75, 3.05) is 9.80 Å². The number of nitrogens with zero attached hydrogens (tertiary/aromatic N) is 2. The molecular weight excluding hydrogens is 711 g/mol. The number of benzene rings is 9. The van der Waals surface area contributed by atoms with Gasteiger partial charge < -0.3 is 9.80 Å². The van der Waals surface area contributed by atoms with Crippen LogP contribution >= 0.6 is 0 Å². The van der Waals surface area contributed by atoms with E-state index in [-0.39, 0.29) is 12.6 Å². The lowest BCUT2D eigenvalue weighted by molar-refractivity contribution is 0.982. The lowest BCUT2D eigenvalue weighted by Gasteiger charge is -2.48. The van der Waals surface area contributed by atoms with Gasteiger partial charge in [0.05, 0.1) is 0 Å². The summed E-state index contributed by atoms with van der Waals surface area (Å²) in [6.07, 6.45) is 0.894. The van der Waals surface area contributed by atoms with Crippen LogP contribution in [0.3, 0.4) is 0 Å². The van der Waals surface area contributed by atoms with Gasteiger partial charge in [0.1, 0.15) is 0 Å². The molecule has 3 heterocycles. The second-order valence-electron chi connectivity index (χ2n) is 16.3. The Bertz CT molecular complexity index is 3020. The molecule has 9 aromatic carbocycles. The molecular formula is C56H37BN2. The van der Waals surface area contributed by atoms with E-state index in [1.54, 1.807) is 0 Å². The van der Waals surface area contributed by atoms with Crippen LogP contribution in [-0.2, 0) is 6.42 Å². The third kappa shape index (κ3) is 4.64. The molecule has 2 nitrogen and oxygen atoms in total. The molecule has 1 aliphatic carbocycles. The van der Waals surface area contributed by atoms with Gasteiger partial charge in [0, 0.05) is 40.0 Å². The monoisotopic (exact) mass is 748 g/mol. The van der Waals surface area contributed by atoms with E-state index in [9.17, 15) is 0 Å². The molecule has 0 bridgehead atoms. The molecule has 0 aromatic heterocycles. The number of fused-ring (bicyclic) bond motifs is 3. The average Bonchev–Trinajstić information content (AvgIpc) is 3.69. The standard InChI is InChI=1S/C56H37BN2/c1-5-17-36(18-6-1)41-25-13-27-43-44-28-14-26-42(48(44)35-47(41)43)38-33-51-56-52(34-38)59(40-23-11-4-12-24-40)50-32-16-30-46-53(37-19-7-2-8-20-37)45-29-15-31-49(54(45)57(56)55(46)50)58(51)39-21-9-3-10-22-39/h1-34,53H,35H2. The van der Waals surface area contributed by atoms with Gasteiger partial charge >= 0.3 is 0 Å². The Balaban J connectivity index is 1.11. The lowest BCUT2D eigenvalue weighted by atomic mass is 9.29. The van der Waals surface area contributed by atoms with Crippen molar-refractivity contribution < 1.29 is 0 Å². The second kappa shape index (κ2) is 12.6. The first-order valence-electron chi connectivity index (χ1n) is 20.8. The van der Waals surface area contributed by atoms with E-state index in [1.807, 2.05) is 0 Å². The number of para-hydroxylation sites is 2. The summed E-state index contributed by atoms with van der Waals surface area (Å²) >= 11 is 0. The van der Waals surface area contributed by atoms with Crippen molar-refractivity contribution in [3.63, 3.8) is 0 Å². The SMILES string of the molecule is c1ccc(-c2cccc3c2Cc2c(-c4cc5c6c(c4)N(c4ccccc4)c4cccc7c4B6c4c(cccc4N5c4ccccc4)C7c4ccccc4)cccc2-3)cc1. The van der Waals surface area contributed by atoms with Crippen LogP contribution in [0.5, 0.6) is 0 Å². The molecule has 4 aliphatic rings. The molecule has 0 saturated heterocycles. The van der Waals surface area contributed by atoms with E-state index in [4.69, 9.17) is 0 Å². The summed E-state index contributed by atoms with van der Waals surface area (Å²) in [4.78, 5) is 5.13. The van der Waals surface area contributed by atoms with Crippen LogP contribution < -0.4 is 26.2 Å². The molecule has 0 N–H and O–H groups in total. The zero-order valence-corrected chi connectivity index (χ0v) is 32.4. The van der Waals surface area contributed by atoms with Crippen molar-refractivity contribution in [3.05, 3.63) is 234 Å². The minimum absolute atomic E-state index is 0.0884. The van der Waals surface area contributed by atoms with Crippen LogP contribution in [0.4, 0.5) is 34.1 Å². The molecule has 0 amide bonds. The highest BCUT2D eigenvalue weighted by Crippen LogP contribution is 2.51. The summed E-state index contributed by atoms with van der Waals surface area (Å²) in [6.45, 7) is 0.0884. The molecule has 0 unspecified atom stereocenters. The molecule has 0 fully saturated rings. The predicted octanol–water partition coefficient (Wildman–Crippen LogP) is 12.2. The minimum atomic E-state index is 0.0884. The smallest absolute Gasteiger partial charge is 0.252 e. The first kappa shape index (κ1) is 32.7. The van der Waals surface area contributed by atoms with Gasteiger partial charge in [0.15, 0.2) is 0 Å². The fraction of sp³-hybridized carbons (Fsp3) is 0.0357. The molecule has 9 aromatic rings. The highest BCUT2D eigenvalue weighted by molar-refractivity contribution is 7.01. The van der Waals surface area contributed by atoms with Crippen molar-refractivity contribution in [3.8, 4) is 33.4 Å². The maximum absolute atomic E-state index is 2.56. The van der Waals surface area contributed by atoms with E-state index in [0.29, 0.717) is 0 Å². The van der Waals surface area contributed by atoms with Gasteiger partial charge in [-0.1, -0.05) is 158 Å². The fourth-order valence-electron chi connectivity index (χ4n) is 11.1.